The largest absolute Gasteiger partial charge is 0.378 e. The standard InChI is InChI=1S/C15H9F2N5O2/c16-10-6-20-7-11(17)13(10)9-4-12(22(23)24)15(18)21-14(9)8-2-1-3-19-5-8/h1-7H,(H2,18,21). The molecule has 3 rings (SSSR count). The molecule has 0 saturated heterocycles. The quantitative estimate of drug-likeness (QED) is 0.584. The summed E-state index contributed by atoms with van der Waals surface area (Å²) >= 11 is 0. The second kappa shape index (κ2) is 5.95. The minimum atomic E-state index is -0.971. The van der Waals surface area contributed by atoms with Gasteiger partial charge in [0, 0.05) is 29.6 Å². The average Bonchev–Trinajstić information content (AvgIpc) is 2.56. The van der Waals surface area contributed by atoms with Crippen molar-refractivity contribution in [2.45, 2.75) is 0 Å². The van der Waals surface area contributed by atoms with Crippen molar-refractivity contribution in [3.8, 4) is 22.4 Å². The summed E-state index contributed by atoms with van der Waals surface area (Å²) in [6.07, 6.45) is 4.54. The molecule has 2 N–H and O–H groups in total. The van der Waals surface area contributed by atoms with Gasteiger partial charge in [-0.15, -0.1) is 0 Å². The van der Waals surface area contributed by atoms with Gasteiger partial charge in [0.15, 0.2) is 11.6 Å². The fourth-order valence-corrected chi connectivity index (χ4v) is 2.25. The number of nitrogen functional groups attached to an aromatic ring is 1. The van der Waals surface area contributed by atoms with Crippen LogP contribution in [0.4, 0.5) is 20.3 Å². The third kappa shape index (κ3) is 2.62. The Morgan fingerprint density at radius 2 is 1.83 bits per heavy atom. The highest BCUT2D eigenvalue weighted by Gasteiger charge is 2.24. The van der Waals surface area contributed by atoms with Crippen LogP contribution in [-0.2, 0) is 0 Å². The molecule has 0 unspecified atom stereocenters. The van der Waals surface area contributed by atoms with Crippen LogP contribution in [0.5, 0.6) is 0 Å². The maximum Gasteiger partial charge on any atom is 0.311 e. The molecule has 0 radical (unpaired) electrons. The molecule has 120 valence electrons. The topological polar surface area (TPSA) is 108 Å². The van der Waals surface area contributed by atoms with Crippen LogP contribution in [0.1, 0.15) is 0 Å². The van der Waals surface area contributed by atoms with Crippen LogP contribution in [0.25, 0.3) is 22.4 Å². The fourth-order valence-electron chi connectivity index (χ4n) is 2.25. The molecule has 7 nitrogen and oxygen atoms in total. The minimum absolute atomic E-state index is 0.0789. The summed E-state index contributed by atoms with van der Waals surface area (Å²) in [4.78, 5) is 21.6. The van der Waals surface area contributed by atoms with Gasteiger partial charge < -0.3 is 5.73 Å². The van der Waals surface area contributed by atoms with Gasteiger partial charge in [-0.2, -0.15) is 0 Å². The first kappa shape index (κ1) is 15.4. The van der Waals surface area contributed by atoms with Crippen LogP contribution >= 0.6 is 0 Å². The van der Waals surface area contributed by atoms with Crippen molar-refractivity contribution in [3.05, 3.63) is 64.7 Å². The van der Waals surface area contributed by atoms with Gasteiger partial charge in [0.1, 0.15) is 0 Å². The molecular formula is C15H9F2N5O2. The van der Waals surface area contributed by atoms with Gasteiger partial charge in [-0.25, -0.2) is 13.8 Å². The number of pyridine rings is 3. The van der Waals surface area contributed by atoms with Crippen molar-refractivity contribution >= 4 is 11.5 Å². The lowest BCUT2D eigenvalue weighted by Gasteiger charge is -2.11. The summed E-state index contributed by atoms with van der Waals surface area (Å²) in [5.74, 6) is -2.31. The Morgan fingerprint density at radius 1 is 1.12 bits per heavy atom. The Balaban J connectivity index is 2.38. The van der Waals surface area contributed by atoms with Gasteiger partial charge in [0.25, 0.3) is 0 Å². The Bertz CT molecular complexity index is 914. The number of halogens is 2. The summed E-state index contributed by atoms with van der Waals surface area (Å²) in [6, 6.07) is 4.19. The predicted octanol–water partition coefficient (Wildman–Crippen LogP) is 2.97. The van der Waals surface area contributed by atoms with Crippen LogP contribution in [0, 0.1) is 21.7 Å². The minimum Gasteiger partial charge on any atom is -0.378 e. The smallest absolute Gasteiger partial charge is 0.311 e. The number of aromatic nitrogens is 3. The Morgan fingerprint density at radius 3 is 2.42 bits per heavy atom. The molecule has 0 aliphatic rings. The highest BCUT2D eigenvalue weighted by Crippen LogP contribution is 2.37. The SMILES string of the molecule is Nc1nc(-c2cccnc2)c(-c2c(F)cncc2F)cc1[N+](=O)[O-]. The van der Waals surface area contributed by atoms with E-state index in [2.05, 4.69) is 15.0 Å². The molecule has 0 aliphatic heterocycles. The zero-order valence-corrected chi connectivity index (χ0v) is 12.0. The van der Waals surface area contributed by atoms with Gasteiger partial charge in [-0.05, 0) is 12.1 Å². The molecule has 0 spiro atoms. The lowest BCUT2D eigenvalue weighted by Crippen LogP contribution is -2.03. The van der Waals surface area contributed by atoms with E-state index in [4.69, 9.17) is 5.73 Å². The maximum absolute atomic E-state index is 14.1. The van der Waals surface area contributed by atoms with E-state index >= 15 is 0 Å². The molecule has 0 saturated carbocycles. The van der Waals surface area contributed by atoms with Crippen LogP contribution in [0.15, 0.2) is 43.0 Å². The molecule has 0 amide bonds. The summed E-state index contributed by atoms with van der Waals surface area (Å²) < 4.78 is 28.2. The van der Waals surface area contributed by atoms with Crippen molar-refractivity contribution in [1.82, 2.24) is 15.0 Å². The van der Waals surface area contributed by atoms with E-state index in [0.29, 0.717) is 5.56 Å². The molecule has 0 fully saturated rings. The number of nitrogens with two attached hydrogens (primary N) is 1. The first-order valence-electron chi connectivity index (χ1n) is 6.63. The van der Waals surface area contributed by atoms with Crippen LogP contribution < -0.4 is 5.73 Å². The van der Waals surface area contributed by atoms with E-state index in [1.54, 1.807) is 12.1 Å². The number of hydrogen-bond donors (Lipinski definition) is 1. The molecule has 3 heterocycles. The maximum atomic E-state index is 14.1. The Labute approximate surface area is 134 Å². The van der Waals surface area contributed by atoms with E-state index < -0.39 is 27.8 Å². The normalized spacial score (nSPS) is 10.6. The second-order valence-electron chi connectivity index (χ2n) is 4.77. The molecule has 9 heteroatoms. The predicted molar refractivity (Wildman–Crippen MR) is 81.7 cm³/mol. The summed E-state index contributed by atoms with van der Waals surface area (Å²) in [5, 5.41) is 11.1. The van der Waals surface area contributed by atoms with Crippen molar-refractivity contribution in [2.75, 3.05) is 5.73 Å². The zero-order valence-electron chi connectivity index (χ0n) is 12.0. The zero-order chi connectivity index (χ0) is 17.3. The van der Waals surface area contributed by atoms with E-state index in [1.165, 1.54) is 12.4 Å². The summed E-state index contributed by atoms with van der Waals surface area (Å²) in [5.41, 5.74) is 4.97. The van der Waals surface area contributed by atoms with Crippen molar-refractivity contribution in [3.63, 3.8) is 0 Å². The average molecular weight is 329 g/mol. The molecule has 0 atom stereocenters. The summed E-state index contributed by atoms with van der Waals surface area (Å²) in [7, 11) is 0. The number of hydrogen-bond acceptors (Lipinski definition) is 6. The Hall–Kier alpha value is -3.49. The Kier molecular flexibility index (Phi) is 3.82. The third-order valence-electron chi connectivity index (χ3n) is 3.29. The molecule has 0 aromatic carbocycles. The number of rotatable bonds is 3. The van der Waals surface area contributed by atoms with Gasteiger partial charge in [-0.1, -0.05) is 0 Å². The molecule has 3 aromatic heterocycles. The number of nitro groups is 1. The summed E-state index contributed by atoms with van der Waals surface area (Å²) in [6.45, 7) is 0. The number of anilines is 1. The number of nitrogens with zero attached hydrogens (tertiary/aromatic N) is 4. The highest BCUT2D eigenvalue weighted by atomic mass is 19.1. The van der Waals surface area contributed by atoms with Crippen LogP contribution in [0.3, 0.4) is 0 Å². The van der Waals surface area contributed by atoms with Gasteiger partial charge in [-0.3, -0.25) is 20.1 Å². The molecule has 0 bridgehead atoms. The van der Waals surface area contributed by atoms with Crippen molar-refractivity contribution in [2.24, 2.45) is 0 Å². The molecular weight excluding hydrogens is 320 g/mol. The van der Waals surface area contributed by atoms with E-state index in [1.807, 2.05) is 0 Å². The second-order valence-corrected chi connectivity index (χ2v) is 4.77. The van der Waals surface area contributed by atoms with Gasteiger partial charge in [0.2, 0.25) is 5.82 Å². The van der Waals surface area contributed by atoms with Crippen LogP contribution in [0.2, 0.25) is 0 Å². The first-order valence-corrected chi connectivity index (χ1v) is 6.63. The van der Waals surface area contributed by atoms with Gasteiger partial charge in [0.05, 0.1) is 28.6 Å². The monoisotopic (exact) mass is 329 g/mol. The molecule has 3 aromatic rings. The first-order chi connectivity index (χ1) is 11.5. The molecule has 24 heavy (non-hydrogen) atoms. The van der Waals surface area contributed by atoms with E-state index in [0.717, 1.165) is 18.5 Å². The van der Waals surface area contributed by atoms with Crippen LogP contribution in [-0.4, -0.2) is 19.9 Å². The molecule has 0 aliphatic carbocycles. The highest BCUT2D eigenvalue weighted by molar-refractivity contribution is 5.84. The lowest BCUT2D eigenvalue weighted by molar-refractivity contribution is -0.384. The fraction of sp³-hybridized carbons (Fsp3) is 0. The lowest BCUT2D eigenvalue weighted by atomic mass is 9.99. The van der Waals surface area contributed by atoms with E-state index in [-0.39, 0.29) is 17.1 Å². The van der Waals surface area contributed by atoms with E-state index in [9.17, 15) is 18.9 Å². The van der Waals surface area contributed by atoms with Crippen molar-refractivity contribution in [1.29, 1.82) is 0 Å². The van der Waals surface area contributed by atoms with Gasteiger partial charge >= 0.3 is 5.69 Å². The van der Waals surface area contributed by atoms with Crippen molar-refractivity contribution < 1.29 is 13.7 Å². The third-order valence-corrected chi connectivity index (χ3v) is 3.29.